The molecule has 1 aromatic rings. The van der Waals surface area contributed by atoms with Crippen molar-refractivity contribution >= 4 is 17.2 Å². The standard InChI is InChI=1S/C13H20N2OS/c1-10-5-7-17-12(10)9-15-13(16)3-2-11-4-6-14-8-11/h5,7,11,14H,2-4,6,8-9H2,1H3,(H,15,16). The monoisotopic (exact) mass is 252 g/mol. The van der Waals surface area contributed by atoms with Crippen molar-refractivity contribution in [2.24, 2.45) is 5.92 Å². The lowest BCUT2D eigenvalue weighted by Gasteiger charge is -2.08. The smallest absolute Gasteiger partial charge is 0.220 e. The fourth-order valence-electron chi connectivity index (χ4n) is 2.15. The summed E-state index contributed by atoms with van der Waals surface area (Å²) in [5.74, 6) is 0.883. The van der Waals surface area contributed by atoms with Crippen LogP contribution in [-0.2, 0) is 11.3 Å². The Kier molecular flexibility index (Phi) is 4.57. The number of carbonyl (C=O) groups is 1. The lowest BCUT2D eigenvalue weighted by molar-refractivity contribution is -0.121. The first kappa shape index (κ1) is 12.6. The zero-order chi connectivity index (χ0) is 12.1. The van der Waals surface area contributed by atoms with Crippen molar-refractivity contribution in [1.82, 2.24) is 10.6 Å². The highest BCUT2D eigenvalue weighted by Crippen LogP contribution is 2.16. The average Bonchev–Trinajstić information content (AvgIpc) is 2.95. The van der Waals surface area contributed by atoms with Gasteiger partial charge in [-0.2, -0.15) is 0 Å². The van der Waals surface area contributed by atoms with Gasteiger partial charge in [-0.25, -0.2) is 0 Å². The van der Waals surface area contributed by atoms with Crippen LogP contribution in [-0.4, -0.2) is 19.0 Å². The van der Waals surface area contributed by atoms with Gasteiger partial charge >= 0.3 is 0 Å². The van der Waals surface area contributed by atoms with E-state index in [-0.39, 0.29) is 5.91 Å². The fraction of sp³-hybridized carbons (Fsp3) is 0.615. The molecule has 0 spiro atoms. The molecule has 1 aromatic heterocycles. The second kappa shape index (κ2) is 6.17. The van der Waals surface area contributed by atoms with E-state index in [9.17, 15) is 4.79 Å². The van der Waals surface area contributed by atoms with Crippen molar-refractivity contribution in [2.75, 3.05) is 13.1 Å². The second-order valence-corrected chi connectivity index (χ2v) is 5.70. The van der Waals surface area contributed by atoms with Crippen LogP contribution in [0.2, 0.25) is 0 Å². The second-order valence-electron chi connectivity index (χ2n) is 4.70. The number of thiophene rings is 1. The van der Waals surface area contributed by atoms with Crippen molar-refractivity contribution in [3.8, 4) is 0 Å². The molecule has 1 unspecified atom stereocenters. The predicted molar refractivity (Wildman–Crippen MR) is 71.1 cm³/mol. The predicted octanol–water partition coefficient (Wildman–Crippen LogP) is 2.06. The lowest BCUT2D eigenvalue weighted by Crippen LogP contribution is -2.23. The van der Waals surface area contributed by atoms with E-state index in [1.807, 2.05) is 0 Å². The molecule has 3 nitrogen and oxygen atoms in total. The van der Waals surface area contributed by atoms with E-state index in [0.29, 0.717) is 18.9 Å². The highest BCUT2D eigenvalue weighted by molar-refractivity contribution is 7.10. The van der Waals surface area contributed by atoms with Crippen LogP contribution in [0, 0.1) is 12.8 Å². The molecule has 1 amide bonds. The number of rotatable bonds is 5. The van der Waals surface area contributed by atoms with Crippen LogP contribution in [0.4, 0.5) is 0 Å². The Morgan fingerprint density at radius 2 is 2.53 bits per heavy atom. The molecule has 4 heteroatoms. The van der Waals surface area contributed by atoms with E-state index < -0.39 is 0 Å². The summed E-state index contributed by atoms with van der Waals surface area (Å²) < 4.78 is 0. The third kappa shape index (κ3) is 3.82. The van der Waals surface area contributed by atoms with Crippen molar-refractivity contribution in [1.29, 1.82) is 0 Å². The van der Waals surface area contributed by atoms with Gasteiger partial charge in [-0.05, 0) is 55.8 Å². The van der Waals surface area contributed by atoms with Gasteiger partial charge in [-0.3, -0.25) is 4.79 Å². The summed E-state index contributed by atoms with van der Waals surface area (Å²) in [6.07, 6.45) is 2.90. The minimum atomic E-state index is 0.185. The van der Waals surface area contributed by atoms with Crippen molar-refractivity contribution in [3.05, 3.63) is 21.9 Å². The van der Waals surface area contributed by atoms with E-state index >= 15 is 0 Å². The molecule has 0 saturated carbocycles. The molecule has 0 aromatic carbocycles. The van der Waals surface area contributed by atoms with Crippen LogP contribution in [0.15, 0.2) is 11.4 Å². The molecule has 0 radical (unpaired) electrons. The number of aryl methyl sites for hydroxylation is 1. The van der Waals surface area contributed by atoms with E-state index in [1.54, 1.807) is 11.3 Å². The van der Waals surface area contributed by atoms with Crippen LogP contribution in [0.25, 0.3) is 0 Å². The quantitative estimate of drug-likeness (QED) is 0.842. The number of nitrogens with one attached hydrogen (secondary N) is 2. The highest BCUT2D eigenvalue weighted by atomic mass is 32.1. The van der Waals surface area contributed by atoms with Gasteiger partial charge in [-0.1, -0.05) is 0 Å². The minimum absolute atomic E-state index is 0.185. The van der Waals surface area contributed by atoms with Gasteiger partial charge in [0.1, 0.15) is 0 Å². The molecule has 1 aliphatic heterocycles. The average molecular weight is 252 g/mol. The molecule has 2 heterocycles. The Bertz CT molecular complexity index is 369. The maximum absolute atomic E-state index is 11.7. The number of hydrogen-bond donors (Lipinski definition) is 2. The first-order chi connectivity index (χ1) is 8.25. The number of hydrogen-bond acceptors (Lipinski definition) is 3. The number of carbonyl (C=O) groups excluding carboxylic acids is 1. The van der Waals surface area contributed by atoms with Gasteiger partial charge in [0, 0.05) is 11.3 Å². The summed E-state index contributed by atoms with van der Waals surface area (Å²) in [5.41, 5.74) is 1.27. The van der Waals surface area contributed by atoms with Gasteiger partial charge in [0.25, 0.3) is 0 Å². The summed E-state index contributed by atoms with van der Waals surface area (Å²) in [5, 5.41) is 8.40. The first-order valence-corrected chi connectivity index (χ1v) is 7.14. The van der Waals surface area contributed by atoms with E-state index in [2.05, 4.69) is 29.0 Å². The van der Waals surface area contributed by atoms with Crippen molar-refractivity contribution < 1.29 is 4.79 Å². The van der Waals surface area contributed by atoms with Gasteiger partial charge in [-0.15, -0.1) is 11.3 Å². The largest absolute Gasteiger partial charge is 0.351 e. The molecule has 1 atom stereocenters. The van der Waals surface area contributed by atoms with Crippen LogP contribution in [0.3, 0.4) is 0 Å². The summed E-state index contributed by atoms with van der Waals surface area (Å²) >= 11 is 1.71. The highest BCUT2D eigenvalue weighted by Gasteiger charge is 2.15. The topological polar surface area (TPSA) is 41.1 Å². The summed E-state index contributed by atoms with van der Waals surface area (Å²) in [7, 11) is 0. The Hall–Kier alpha value is -0.870. The molecule has 1 fully saturated rings. The maximum atomic E-state index is 11.7. The number of amides is 1. The first-order valence-electron chi connectivity index (χ1n) is 6.26. The van der Waals surface area contributed by atoms with E-state index in [4.69, 9.17) is 0 Å². The third-order valence-corrected chi connectivity index (χ3v) is 4.38. The summed E-state index contributed by atoms with van der Waals surface area (Å²) in [4.78, 5) is 12.9. The van der Waals surface area contributed by atoms with Crippen LogP contribution in [0.1, 0.15) is 29.7 Å². The zero-order valence-electron chi connectivity index (χ0n) is 10.3. The zero-order valence-corrected chi connectivity index (χ0v) is 11.1. The molecular formula is C13H20N2OS. The van der Waals surface area contributed by atoms with Gasteiger partial charge in [0.2, 0.25) is 5.91 Å². The van der Waals surface area contributed by atoms with Gasteiger partial charge in [0.15, 0.2) is 0 Å². The molecule has 1 saturated heterocycles. The third-order valence-electron chi connectivity index (χ3n) is 3.36. The minimum Gasteiger partial charge on any atom is -0.351 e. The summed E-state index contributed by atoms with van der Waals surface area (Å²) in [6, 6.07) is 2.09. The van der Waals surface area contributed by atoms with Crippen molar-refractivity contribution in [3.63, 3.8) is 0 Å². The molecule has 94 valence electrons. The SMILES string of the molecule is Cc1ccsc1CNC(=O)CCC1CCNC1. The van der Waals surface area contributed by atoms with Gasteiger partial charge < -0.3 is 10.6 Å². The molecule has 0 aliphatic carbocycles. The van der Waals surface area contributed by atoms with Gasteiger partial charge in [0.05, 0.1) is 6.54 Å². The molecule has 17 heavy (non-hydrogen) atoms. The molecule has 0 bridgehead atoms. The summed E-state index contributed by atoms with van der Waals surface area (Å²) in [6.45, 7) is 4.96. The van der Waals surface area contributed by atoms with Crippen LogP contribution in [0.5, 0.6) is 0 Å². The van der Waals surface area contributed by atoms with Crippen LogP contribution >= 0.6 is 11.3 Å². The Morgan fingerprint density at radius 3 is 3.18 bits per heavy atom. The van der Waals surface area contributed by atoms with E-state index in [0.717, 1.165) is 19.5 Å². The van der Waals surface area contributed by atoms with E-state index in [1.165, 1.54) is 16.9 Å². The Labute approximate surface area is 107 Å². The Morgan fingerprint density at radius 1 is 1.65 bits per heavy atom. The maximum Gasteiger partial charge on any atom is 0.220 e. The molecule has 1 aliphatic rings. The molecular weight excluding hydrogens is 232 g/mol. The van der Waals surface area contributed by atoms with Crippen molar-refractivity contribution in [2.45, 2.75) is 32.7 Å². The molecule has 2 rings (SSSR count). The van der Waals surface area contributed by atoms with Crippen LogP contribution < -0.4 is 10.6 Å². The fourth-order valence-corrected chi connectivity index (χ4v) is 2.99. The Balaban J connectivity index is 1.65. The normalized spacial score (nSPS) is 19.5. The lowest BCUT2D eigenvalue weighted by atomic mass is 10.0. The molecule has 2 N–H and O–H groups in total.